The number of nitrogens with one attached hydrogen (secondary N) is 1. The second kappa shape index (κ2) is 7.29. The van der Waals surface area contributed by atoms with Gasteiger partial charge in [-0.1, -0.05) is 37.8 Å². The van der Waals surface area contributed by atoms with Crippen molar-refractivity contribution in [3.05, 3.63) is 29.8 Å². The molecule has 0 radical (unpaired) electrons. The smallest absolute Gasteiger partial charge is 0.253 e. The van der Waals surface area contributed by atoms with Gasteiger partial charge in [0.15, 0.2) is 6.10 Å². The highest BCUT2D eigenvalue weighted by molar-refractivity contribution is 5.82. The molecule has 1 aliphatic rings. The van der Waals surface area contributed by atoms with Gasteiger partial charge < -0.3 is 15.2 Å². The number of amides is 1. The van der Waals surface area contributed by atoms with Crippen molar-refractivity contribution in [3.8, 4) is 5.75 Å². The van der Waals surface area contributed by atoms with Crippen LogP contribution in [0.1, 0.15) is 50.2 Å². The average Bonchev–Trinajstić information content (AvgIpc) is 2.75. The molecule has 1 aromatic carbocycles. The number of ether oxygens (including phenoxy) is 1. The fourth-order valence-electron chi connectivity index (χ4n) is 2.64. The summed E-state index contributed by atoms with van der Waals surface area (Å²) in [6.45, 7) is 0. The predicted octanol–water partition coefficient (Wildman–Crippen LogP) is 2.57. The molecule has 0 saturated heterocycles. The number of carbonyl (C=O) groups excluding carboxylic acids is 1. The van der Waals surface area contributed by atoms with Gasteiger partial charge in [0.2, 0.25) is 0 Å². The summed E-state index contributed by atoms with van der Waals surface area (Å²) >= 11 is 0. The summed E-state index contributed by atoms with van der Waals surface area (Å²) in [5, 5.41) is 13.1. The van der Waals surface area contributed by atoms with Gasteiger partial charge >= 0.3 is 0 Å². The molecule has 0 spiro atoms. The van der Waals surface area contributed by atoms with Crippen LogP contribution in [-0.2, 0) is 4.79 Å². The largest absolute Gasteiger partial charge is 0.497 e. The third kappa shape index (κ3) is 3.97. The fourth-order valence-corrected chi connectivity index (χ4v) is 2.64. The summed E-state index contributed by atoms with van der Waals surface area (Å²) in [5.74, 6) is 0.409. The van der Waals surface area contributed by atoms with Crippen LogP contribution in [0.25, 0.3) is 0 Å². The third-order valence-electron chi connectivity index (χ3n) is 3.88. The quantitative estimate of drug-likeness (QED) is 0.832. The summed E-state index contributed by atoms with van der Waals surface area (Å²) < 4.78 is 5.06. The number of hydrogen-bond donors (Lipinski definition) is 2. The van der Waals surface area contributed by atoms with Crippen LogP contribution in [0.5, 0.6) is 5.75 Å². The minimum atomic E-state index is -1.11. The van der Waals surface area contributed by atoms with Gasteiger partial charge in [0.05, 0.1) is 7.11 Å². The highest BCUT2D eigenvalue weighted by atomic mass is 16.5. The second-order valence-corrected chi connectivity index (χ2v) is 5.37. The first-order valence-electron chi connectivity index (χ1n) is 7.33. The van der Waals surface area contributed by atoms with Gasteiger partial charge in [0.1, 0.15) is 5.75 Å². The van der Waals surface area contributed by atoms with Crippen LogP contribution in [-0.4, -0.2) is 24.2 Å². The van der Waals surface area contributed by atoms with Crippen LogP contribution >= 0.6 is 0 Å². The lowest BCUT2D eigenvalue weighted by atomic mass is 10.1. The van der Waals surface area contributed by atoms with E-state index in [0.717, 1.165) is 25.7 Å². The lowest BCUT2D eigenvalue weighted by Crippen LogP contribution is -2.37. The second-order valence-electron chi connectivity index (χ2n) is 5.37. The van der Waals surface area contributed by atoms with Crippen LogP contribution in [0.3, 0.4) is 0 Å². The highest BCUT2D eigenvalue weighted by Gasteiger charge is 2.21. The number of aliphatic hydroxyl groups is 1. The topological polar surface area (TPSA) is 58.6 Å². The lowest BCUT2D eigenvalue weighted by molar-refractivity contribution is -0.130. The van der Waals surface area contributed by atoms with E-state index in [1.54, 1.807) is 31.4 Å². The summed E-state index contributed by atoms with van der Waals surface area (Å²) in [4.78, 5) is 12.1. The molecule has 1 amide bonds. The normalized spacial score (nSPS) is 18.1. The van der Waals surface area contributed by atoms with Gasteiger partial charge in [-0.05, 0) is 30.5 Å². The summed E-state index contributed by atoms with van der Waals surface area (Å²) in [6, 6.07) is 7.14. The zero-order valence-electron chi connectivity index (χ0n) is 12.0. The Hall–Kier alpha value is -1.55. The van der Waals surface area contributed by atoms with Crippen LogP contribution in [0, 0.1) is 0 Å². The Morgan fingerprint density at radius 3 is 2.35 bits per heavy atom. The molecule has 1 unspecified atom stereocenters. The Kier molecular flexibility index (Phi) is 5.41. The molecule has 2 rings (SSSR count). The molecule has 0 aromatic heterocycles. The zero-order chi connectivity index (χ0) is 14.4. The number of hydrogen-bond acceptors (Lipinski definition) is 3. The first-order chi connectivity index (χ1) is 9.70. The van der Waals surface area contributed by atoms with Crippen LogP contribution in [0.2, 0.25) is 0 Å². The van der Waals surface area contributed by atoms with Gasteiger partial charge in [-0.25, -0.2) is 0 Å². The van der Waals surface area contributed by atoms with Crippen molar-refractivity contribution >= 4 is 5.91 Å². The number of rotatable bonds is 4. The van der Waals surface area contributed by atoms with E-state index in [4.69, 9.17) is 4.74 Å². The summed E-state index contributed by atoms with van der Waals surface area (Å²) in [5.41, 5.74) is 0.594. The van der Waals surface area contributed by atoms with Gasteiger partial charge in [-0.15, -0.1) is 0 Å². The maximum Gasteiger partial charge on any atom is 0.253 e. The summed E-state index contributed by atoms with van der Waals surface area (Å²) in [6.07, 6.45) is 5.72. The Morgan fingerprint density at radius 2 is 1.80 bits per heavy atom. The minimum absolute atomic E-state index is 0.206. The minimum Gasteiger partial charge on any atom is -0.497 e. The molecular weight excluding hydrogens is 254 g/mol. The summed E-state index contributed by atoms with van der Waals surface area (Å²) in [7, 11) is 1.59. The van der Waals surface area contributed by atoms with Crippen LogP contribution < -0.4 is 10.1 Å². The molecule has 2 N–H and O–H groups in total. The number of carbonyl (C=O) groups is 1. The number of benzene rings is 1. The molecule has 0 bridgehead atoms. The molecule has 110 valence electrons. The molecule has 20 heavy (non-hydrogen) atoms. The van der Waals surface area contributed by atoms with E-state index in [-0.39, 0.29) is 11.9 Å². The van der Waals surface area contributed by atoms with E-state index in [1.165, 1.54) is 12.8 Å². The predicted molar refractivity (Wildman–Crippen MR) is 77.6 cm³/mol. The van der Waals surface area contributed by atoms with Gasteiger partial charge in [0.25, 0.3) is 5.91 Å². The number of aliphatic hydroxyl groups excluding tert-OH is 1. The van der Waals surface area contributed by atoms with Crippen molar-refractivity contribution < 1.29 is 14.6 Å². The Balaban J connectivity index is 1.92. The van der Waals surface area contributed by atoms with E-state index in [1.807, 2.05) is 0 Å². The van der Waals surface area contributed by atoms with Gasteiger partial charge in [-0.2, -0.15) is 0 Å². The first kappa shape index (κ1) is 14.9. The first-order valence-corrected chi connectivity index (χ1v) is 7.33. The van der Waals surface area contributed by atoms with Crippen molar-refractivity contribution in [2.24, 2.45) is 0 Å². The molecule has 1 aromatic rings. The van der Waals surface area contributed by atoms with Gasteiger partial charge in [0, 0.05) is 6.04 Å². The Morgan fingerprint density at radius 1 is 1.20 bits per heavy atom. The van der Waals surface area contributed by atoms with E-state index in [2.05, 4.69) is 5.32 Å². The van der Waals surface area contributed by atoms with Crippen LogP contribution in [0.15, 0.2) is 24.3 Å². The van der Waals surface area contributed by atoms with Crippen molar-refractivity contribution in [2.75, 3.05) is 7.11 Å². The lowest BCUT2D eigenvalue weighted by Gasteiger charge is -2.19. The SMILES string of the molecule is COc1ccc(C(O)C(=O)NC2CCCCCC2)cc1. The van der Waals surface area contributed by atoms with Crippen molar-refractivity contribution in [1.82, 2.24) is 5.32 Å². The molecule has 0 aliphatic heterocycles. The molecule has 0 heterocycles. The van der Waals surface area contributed by atoms with Crippen molar-refractivity contribution in [3.63, 3.8) is 0 Å². The van der Waals surface area contributed by atoms with Gasteiger partial charge in [-0.3, -0.25) is 4.79 Å². The molecule has 4 nitrogen and oxygen atoms in total. The molecule has 1 saturated carbocycles. The Bertz CT molecular complexity index is 422. The maximum absolute atomic E-state index is 12.1. The highest BCUT2D eigenvalue weighted by Crippen LogP contribution is 2.20. The van der Waals surface area contributed by atoms with E-state index in [0.29, 0.717) is 11.3 Å². The molecular formula is C16H23NO3. The zero-order valence-corrected chi connectivity index (χ0v) is 12.0. The van der Waals surface area contributed by atoms with E-state index >= 15 is 0 Å². The standard InChI is InChI=1S/C16H23NO3/c1-20-14-10-8-12(9-11-14)15(18)16(19)17-13-6-4-2-3-5-7-13/h8-11,13,15,18H,2-7H2,1H3,(H,17,19). The van der Waals surface area contributed by atoms with E-state index < -0.39 is 6.10 Å². The number of methoxy groups -OCH3 is 1. The van der Waals surface area contributed by atoms with Crippen molar-refractivity contribution in [1.29, 1.82) is 0 Å². The average molecular weight is 277 g/mol. The molecule has 4 heteroatoms. The molecule has 1 atom stereocenters. The monoisotopic (exact) mass is 277 g/mol. The van der Waals surface area contributed by atoms with E-state index in [9.17, 15) is 9.90 Å². The van der Waals surface area contributed by atoms with Crippen LogP contribution in [0.4, 0.5) is 0 Å². The Labute approximate surface area is 120 Å². The fraction of sp³-hybridized carbons (Fsp3) is 0.562. The molecule has 1 aliphatic carbocycles. The molecule has 1 fully saturated rings. The van der Waals surface area contributed by atoms with Crippen molar-refractivity contribution in [2.45, 2.75) is 50.7 Å². The maximum atomic E-state index is 12.1. The third-order valence-corrected chi connectivity index (χ3v) is 3.88.